The summed E-state index contributed by atoms with van der Waals surface area (Å²) in [7, 11) is 1.68. The lowest BCUT2D eigenvalue weighted by atomic mass is 10.1. The molecular formula is C10H16O2. The first-order chi connectivity index (χ1) is 5.83. The summed E-state index contributed by atoms with van der Waals surface area (Å²) in [5.74, 6) is -0.495. The van der Waals surface area contributed by atoms with E-state index in [1.54, 1.807) is 7.11 Å². The smallest absolute Gasteiger partial charge is 0.191 e. The average Bonchev–Trinajstić information content (AvgIpc) is 2.16. The van der Waals surface area contributed by atoms with Gasteiger partial charge in [-0.2, -0.15) is 0 Å². The van der Waals surface area contributed by atoms with E-state index < -0.39 is 5.79 Å². The van der Waals surface area contributed by atoms with Crippen molar-refractivity contribution < 1.29 is 9.47 Å². The van der Waals surface area contributed by atoms with E-state index in [1.807, 2.05) is 18.2 Å². The molecule has 0 aromatic rings. The summed E-state index contributed by atoms with van der Waals surface area (Å²) in [5, 5.41) is 0. The topological polar surface area (TPSA) is 18.5 Å². The Hall–Kier alpha value is -0.600. The molecule has 1 aliphatic carbocycles. The fourth-order valence-electron chi connectivity index (χ4n) is 1.17. The number of hydrogen-bond donors (Lipinski definition) is 0. The van der Waals surface area contributed by atoms with Crippen molar-refractivity contribution in [3.63, 3.8) is 0 Å². The van der Waals surface area contributed by atoms with Crippen LogP contribution < -0.4 is 0 Å². The maximum absolute atomic E-state index is 5.61. The number of methoxy groups -OCH3 is 1. The molecule has 0 fully saturated rings. The van der Waals surface area contributed by atoms with Crippen LogP contribution in [0.3, 0.4) is 0 Å². The standard InChI is InChI=1S/C10H16O2/c1-3-9-12-10(11-2)7-5-4-6-8-10/h4-7H,3,8-9H2,1-2H3. The van der Waals surface area contributed by atoms with E-state index >= 15 is 0 Å². The first-order valence-corrected chi connectivity index (χ1v) is 4.36. The predicted octanol–water partition coefficient (Wildman–Crippen LogP) is 2.27. The fraction of sp³-hybridized carbons (Fsp3) is 0.600. The summed E-state index contributed by atoms with van der Waals surface area (Å²) < 4.78 is 10.9. The number of ether oxygens (including phenoxy) is 2. The third-order valence-corrected chi connectivity index (χ3v) is 1.90. The summed E-state index contributed by atoms with van der Waals surface area (Å²) in [6.45, 7) is 2.83. The molecule has 0 heterocycles. The van der Waals surface area contributed by atoms with Crippen LogP contribution in [0.15, 0.2) is 24.3 Å². The van der Waals surface area contributed by atoms with Crippen LogP contribution >= 0.6 is 0 Å². The van der Waals surface area contributed by atoms with Gasteiger partial charge in [-0.05, 0) is 12.5 Å². The summed E-state index contributed by atoms with van der Waals surface area (Å²) >= 11 is 0. The van der Waals surface area contributed by atoms with E-state index in [-0.39, 0.29) is 0 Å². The van der Waals surface area contributed by atoms with Crippen molar-refractivity contribution in [2.45, 2.75) is 25.6 Å². The van der Waals surface area contributed by atoms with Gasteiger partial charge in [0.2, 0.25) is 0 Å². The molecule has 0 saturated carbocycles. The lowest BCUT2D eigenvalue weighted by molar-refractivity contribution is -0.186. The molecule has 0 aliphatic heterocycles. The second-order valence-electron chi connectivity index (χ2n) is 2.86. The van der Waals surface area contributed by atoms with Gasteiger partial charge in [0, 0.05) is 13.5 Å². The Morgan fingerprint density at radius 1 is 1.42 bits per heavy atom. The molecule has 0 bridgehead atoms. The van der Waals surface area contributed by atoms with Crippen molar-refractivity contribution in [1.29, 1.82) is 0 Å². The highest BCUT2D eigenvalue weighted by Crippen LogP contribution is 2.23. The third kappa shape index (κ3) is 2.19. The van der Waals surface area contributed by atoms with Crippen molar-refractivity contribution >= 4 is 0 Å². The molecule has 2 nitrogen and oxygen atoms in total. The first-order valence-electron chi connectivity index (χ1n) is 4.36. The molecule has 0 aromatic heterocycles. The van der Waals surface area contributed by atoms with Crippen LogP contribution in [0, 0.1) is 0 Å². The van der Waals surface area contributed by atoms with Crippen LogP contribution in [0.25, 0.3) is 0 Å². The molecule has 1 rings (SSSR count). The van der Waals surface area contributed by atoms with Gasteiger partial charge in [-0.1, -0.05) is 25.2 Å². The van der Waals surface area contributed by atoms with Gasteiger partial charge in [0.1, 0.15) is 0 Å². The highest BCUT2D eigenvalue weighted by molar-refractivity contribution is 5.15. The quantitative estimate of drug-likeness (QED) is 0.599. The molecule has 2 heteroatoms. The Morgan fingerprint density at radius 3 is 2.75 bits per heavy atom. The van der Waals surface area contributed by atoms with Crippen LogP contribution in [0.2, 0.25) is 0 Å². The van der Waals surface area contributed by atoms with Crippen LogP contribution in [-0.4, -0.2) is 19.5 Å². The molecule has 0 saturated heterocycles. The minimum Gasteiger partial charge on any atom is -0.349 e. The van der Waals surface area contributed by atoms with Crippen molar-refractivity contribution in [3.8, 4) is 0 Å². The normalized spacial score (nSPS) is 27.8. The van der Waals surface area contributed by atoms with Crippen molar-refractivity contribution in [2.24, 2.45) is 0 Å². The minimum absolute atomic E-state index is 0.495. The molecule has 0 amide bonds. The summed E-state index contributed by atoms with van der Waals surface area (Å²) in [6, 6.07) is 0. The van der Waals surface area contributed by atoms with Crippen LogP contribution in [0.5, 0.6) is 0 Å². The van der Waals surface area contributed by atoms with E-state index in [4.69, 9.17) is 9.47 Å². The minimum atomic E-state index is -0.495. The van der Waals surface area contributed by atoms with E-state index in [2.05, 4.69) is 13.0 Å². The average molecular weight is 168 g/mol. The van der Waals surface area contributed by atoms with Crippen molar-refractivity contribution in [3.05, 3.63) is 24.3 Å². The van der Waals surface area contributed by atoms with Gasteiger partial charge >= 0.3 is 0 Å². The van der Waals surface area contributed by atoms with Gasteiger partial charge in [-0.3, -0.25) is 0 Å². The predicted molar refractivity (Wildman–Crippen MR) is 48.9 cm³/mol. The highest BCUT2D eigenvalue weighted by Gasteiger charge is 2.26. The fourth-order valence-corrected chi connectivity index (χ4v) is 1.17. The molecular weight excluding hydrogens is 152 g/mol. The van der Waals surface area contributed by atoms with Crippen molar-refractivity contribution in [1.82, 2.24) is 0 Å². The van der Waals surface area contributed by atoms with E-state index in [1.165, 1.54) is 0 Å². The summed E-state index contributed by atoms with van der Waals surface area (Å²) in [6.07, 6.45) is 9.81. The Morgan fingerprint density at radius 2 is 2.25 bits per heavy atom. The molecule has 68 valence electrons. The Bertz CT molecular complexity index is 184. The number of hydrogen-bond acceptors (Lipinski definition) is 2. The molecule has 0 spiro atoms. The first kappa shape index (κ1) is 9.49. The number of allylic oxidation sites excluding steroid dienone is 2. The Kier molecular flexibility index (Phi) is 3.50. The lowest BCUT2D eigenvalue weighted by Crippen LogP contribution is -2.33. The van der Waals surface area contributed by atoms with Crippen LogP contribution in [-0.2, 0) is 9.47 Å². The summed E-state index contributed by atoms with van der Waals surface area (Å²) in [4.78, 5) is 0. The van der Waals surface area contributed by atoms with Gasteiger partial charge in [-0.25, -0.2) is 0 Å². The molecule has 0 radical (unpaired) electrons. The van der Waals surface area contributed by atoms with Gasteiger partial charge in [0.05, 0.1) is 6.61 Å². The van der Waals surface area contributed by atoms with Gasteiger partial charge < -0.3 is 9.47 Å². The zero-order valence-electron chi connectivity index (χ0n) is 7.75. The van der Waals surface area contributed by atoms with Crippen LogP contribution in [0.4, 0.5) is 0 Å². The molecule has 0 aromatic carbocycles. The van der Waals surface area contributed by atoms with Crippen LogP contribution in [0.1, 0.15) is 19.8 Å². The largest absolute Gasteiger partial charge is 0.349 e. The van der Waals surface area contributed by atoms with Crippen molar-refractivity contribution in [2.75, 3.05) is 13.7 Å². The molecule has 1 unspecified atom stereocenters. The Labute approximate surface area is 73.9 Å². The lowest BCUT2D eigenvalue weighted by Gasteiger charge is -2.29. The molecule has 0 N–H and O–H groups in total. The summed E-state index contributed by atoms with van der Waals surface area (Å²) in [5.41, 5.74) is 0. The molecule has 1 aliphatic rings. The maximum Gasteiger partial charge on any atom is 0.191 e. The second-order valence-corrected chi connectivity index (χ2v) is 2.86. The molecule has 12 heavy (non-hydrogen) atoms. The van der Waals surface area contributed by atoms with E-state index in [0.29, 0.717) is 0 Å². The van der Waals surface area contributed by atoms with Gasteiger partial charge in [0.25, 0.3) is 0 Å². The number of rotatable bonds is 4. The second kappa shape index (κ2) is 4.43. The molecule has 1 atom stereocenters. The van der Waals surface area contributed by atoms with E-state index in [9.17, 15) is 0 Å². The zero-order valence-corrected chi connectivity index (χ0v) is 7.75. The monoisotopic (exact) mass is 168 g/mol. The van der Waals surface area contributed by atoms with E-state index in [0.717, 1.165) is 19.4 Å². The Balaban J connectivity index is 2.51. The highest BCUT2D eigenvalue weighted by atomic mass is 16.7. The zero-order chi connectivity index (χ0) is 8.86. The third-order valence-electron chi connectivity index (χ3n) is 1.90. The van der Waals surface area contributed by atoms with Gasteiger partial charge in [-0.15, -0.1) is 0 Å². The van der Waals surface area contributed by atoms with Gasteiger partial charge in [0.15, 0.2) is 5.79 Å². The maximum atomic E-state index is 5.61. The SMILES string of the molecule is CCCOC1(OC)C=CC=CC1.